The van der Waals surface area contributed by atoms with E-state index < -0.39 is 10.0 Å². The van der Waals surface area contributed by atoms with Crippen molar-refractivity contribution >= 4 is 31.6 Å². The molecule has 0 bridgehead atoms. The average Bonchev–Trinajstić information content (AvgIpc) is 3.02. The Kier molecular flexibility index (Phi) is 5.32. The van der Waals surface area contributed by atoms with Gasteiger partial charge in [-0.3, -0.25) is 9.69 Å². The van der Waals surface area contributed by atoms with Crippen LogP contribution in [0.2, 0.25) is 0 Å². The van der Waals surface area contributed by atoms with Gasteiger partial charge in [0.15, 0.2) is 0 Å². The molecule has 4 rings (SSSR count). The van der Waals surface area contributed by atoms with Crippen LogP contribution >= 0.6 is 11.3 Å². The molecule has 1 fully saturated rings. The predicted octanol–water partition coefficient (Wildman–Crippen LogP) is 2.67. The number of nitrogens with zero attached hydrogens (tertiary/aromatic N) is 3. The number of sulfonamides is 1. The van der Waals surface area contributed by atoms with Gasteiger partial charge in [-0.15, -0.1) is 11.3 Å². The van der Waals surface area contributed by atoms with Crippen LogP contribution in [0, 0.1) is 13.8 Å². The van der Waals surface area contributed by atoms with Gasteiger partial charge in [-0.1, -0.05) is 18.2 Å². The zero-order valence-electron chi connectivity index (χ0n) is 16.7. The first kappa shape index (κ1) is 20.2. The van der Waals surface area contributed by atoms with E-state index in [9.17, 15) is 13.2 Å². The Morgan fingerprint density at radius 2 is 1.76 bits per heavy atom. The summed E-state index contributed by atoms with van der Waals surface area (Å²) in [5, 5.41) is 0.669. The number of benzene rings is 1. The number of hydrogen-bond acceptors (Lipinski definition) is 6. The van der Waals surface area contributed by atoms with Crippen molar-refractivity contribution in [3.05, 3.63) is 57.0 Å². The van der Waals surface area contributed by atoms with Crippen molar-refractivity contribution in [3.63, 3.8) is 0 Å². The molecule has 1 N–H and O–H groups in total. The quantitative estimate of drug-likeness (QED) is 0.685. The molecule has 0 radical (unpaired) electrons. The Balaban J connectivity index is 1.52. The van der Waals surface area contributed by atoms with Gasteiger partial charge >= 0.3 is 0 Å². The number of aromatic amines is 1. The molecule has 2 aromatic heterocycles. The molecule has 0 saturated carbocycles. The number of aromatic nitrogens is 2. The summed E-state index contributed by atoms with van der Waals surface area (Å²) in [7, 11) is -3.48. The number of rotatable bonds is 4. The van der Waals surface area contributed by atoms with E-state index in [2.05, 4.69) is 9.88 Å². The minimum atomic E-state index is -3.48. The number of hydrogen-bond donors (Lipinski definition) is 1. The highest BCUT2D eigenvalue weighted by Crippen LogP contribution is 2.28. The molecule has 9 heteroatoms. The number of nitrogens with one attached hydrogen (secondary N) is 1. The predicted molar refractivity (Wildman–Crippen MR) is 115 cm³/mol. The van der Waals surface area contributed by atoms with Gasteiger partial charge in [0, 0.05) is 31.1 Å². The normalized spacial score (nSPS) is 17.6. The fourth-order valence-corrected chi connectivity index (χ4v) is 6.20. The van der Waals surface area contributed by atoms with Crippen LogP contribution in [0.1, 0.15) is 29.2 Å². The molecular formula is C20H24N4O3S2. The molecule has 7 nitrogen and oxygen atoms in total. The molecule has 1 atom stereocenters. The highest BCUT2D eigenvalue weighted by atomic mass is 32.2. The Labute approximate surface area is 174 Å². The summed E-state index contributed by atoms with van der Waals surface area (Å²) in [4.78, 5) is 24.5. The molecule has 0 amide bonds. The highest BCUT2D eigenvalue weighted by Gasteiger charge is 2.31. The maximum atomic E-state index is 12.8. The summed E-state index contributed by atoms with van der Waals surface area (Å²) in [6.45, 7) is 7.92. The second-order valence-electron chi connectivity index (χ2n) is 7.34. The van der Waals surface area contributed by atoms with Crippen molar-refractivity contribution in [3.8, 4) is 0 Å². The second kappa shape index (κ2) is 7.64. The van der Waals surface area contributed by atoms with Gasteiger partial charge < -0.3 is 4.98 Å². The lowest BCUT2D eigenvalue weighted by atomic mass is 10.2. The number of piperazine rings is 1. The number of aryl methyl sites for hydroxylation is 2. The first-order valence-electron chi connectivity index (χ1n) is 9.58. The van der Waals surface area contributed by atoms with Crippen LogP contribution in [0.5, 0.6) is 0 Å². The molecule has 0 spiro atoms. The molecule has 1 aliphatic heterocycles. The van der Waals surface area contributed by atoms with E-state index in [-0.39, 0.29) is 11.6 Å². The number of fused-ring (bicyclic) bond motifs is 1. The third kappa shape index (κ3) is 3.63. The van der Waals surface area contributed by atoms with Gasteiger partial charge in [0.1, 0.15) is 10.7 Å². The van der Waals surface area contributed by atoms with Crippen molar-refractivity contribution in [2.24, 2.45) is 0 Å². The lowest BCUT2D eigenvalue weighted by Crippen LogP contribution is -2.49. The van der Waals surface area contributed by atoms with Gasteiger partial charge in [0.25, 0.3) is 5.56 Å². The smallest absolute Gasteiger partial charge is 0.259 e. The molecule has 29 heavy (non-hydrogen) atoms. The van der Waals surface area contributed by atoms with Gasteiger partial charge in [-0.05, 0) is 38.5 Å². The minimum Gasteiger partial charge on any atom is -0.309 e. The molecule has 1 unspecified atom stereocenters. The average molecular weight is 433 g/mol. The van der Waals surface area contributed by atoms with Crippen LogP contribution in [-0.4, -0.2) is 53.8 Å². The zero-order valence-corrected chi connectivity index (χ0v) is 18.3. The SMILES string of the molecule is Cc1sc2nc(C(C)N3CCN(S(=O)(=O)c4ccccc4)CC3)[nH]c(=O)c2c1C. The van der Waals surface area contributed by atoms with Crippen molar-refractivity contribution in [1.82, 2.24) is 19.2 Å². The Morgan fingerprint density at radius 1 is 1.10 bits per heavy atom. The van der Waals surface area contributed by atoms with Crippen LogP contribution in [0.4, 0.5) is 0 Å². The summed E-state index contributed by atoms with van der Waals surface area (Å²) in [6.07, 6.45) is 0. The van der Waals surface area contributed by atoms with Crippen molar-refractivity contribution in [1.29, 1.82) is 0 Å². The maximum absolute atomic E-state index is 12.8. The standard InChI is InChI=1S/C20H24N4O3S2/c1-13-15(3)28-20-17(13)19(25)21-18(22-20)14(2)23-9-11-24(12-10-23)29(26,27)16-7-5-4-6-8-16/h4-8,14H,9-12H2,1-3H3,(H,21,22,25). The molecule has 1 aliphatic rings. The van der Waals surface area contributed by atoms with E-state index in [1.165, 1.54) is 15.6 Å². The summed E-state index contributed by atoms with van der Waals surface area (Å²) in [5.74, 6) is 0.628. The molecule has 1 saturated heterocycles. The van der Waals surface area contributed by atoms with E-state index in [1.807, 2.05) is 20.8 Å². The van der Waals surface area contributed by atoms with Crippen LogP contribution in [-0.2, 0) is 10.0 Å². The van der Waals surface area contributed by atoms with Crippen LogP contribution in [0.3, 0.4) is 0 Å². The summed E-state index contributed by atoms with van der Waals surface area (Å²) in [6, 6.07) is 8.42. The van der Waals surface area contributed by atoms with E-state index in [0.717, 1.165) is 15.3 Å². The maximum Gasteiger partial charge on any atom is 0.259 e. The van der Waals surface area contributed by atoms with Crippen molar-refractivity contribution in [2.75, 3.05) is 26.2 Å². The summed E-state index contributed by atoms with van der Waals surface area (Å²) >= 11 is 1.54. The lowest BCUT2D eigenvalue weighted by molar-refractivity contribution is 0.141. The van der Waals surface area contributed by atoms with Gasteiger partial charge in [-0.25, -0.2) is 13.4 Å². The first-order chi connectivity index (χ1) is 13.8. The van der Waals surface area contributed by atoms with Crippen molar-refractivity contribution in [2.45, 2.75) is 31.7 Å². The monoisotopic (exact) mass is 432 g/mol. The molecule has 154 valence electrons. The molecular weight excluding hydrogens is 408 g/mol. The topological polar surface area (TPSA) is 86.4 Å². The molecule has 3 heterocycles. The second-order valence-corrected chi connectivity index (χ2v) is 10.5. The van der Waals surface area contributed by atoms with Gasteiger partial charge in [-0.2, -0.15) is 4.31 Å². The lowest BCUT2D eigenvalue weighted by Gasteiger charge is -2.36. The summed E-state index contributed by atoms with van der Waals surface area (Å²) < 4.78 is 27.1. The Bertz CT molecular complexity index is 1190. The van der Waals surface area contributed by atoms with Crippen LogP contribution in [0.25, 0.3) is 10.2 Å². The molecule has 1 aromatic carbocycles. The highest BCUT2D eigenvalue weighted by molar-refractivity contribution is 7.89. The van der Waals surface area contributed by atoms with Crippen LogP contribution < -0.4 is 5.56 Å². The largest absolute Gasteiger partial charge is 0.309 e. The Morgan fingerprint density at radius 3 is 2.41 bits per heavy atom. The number of H-pyrrole nitrogens is 1. The van der Waals surface area contributed by atoms with E-state index in [1.54, 1.807) is 30.3 Å². The third-order valence-electron chi connectivity index (χ3n) is 5.66. The van der Waals surface area contributed by atoms with E-state index >= 15 is 0 Å². The first-order valence-corrected chi connectivity index (χ1v) is 11.8. The number of thiophene rings is 1. The summed E-state index contributed by atoms with van der Waals surface area (Å²) in [5.41, 5.74) is 0.877. The fraction of sp³-hybridized carbons (Fsp3) is 0.400. The Hall–Kier alpha value is -2.07. The third-order valence-corrected chi connectivity index (χ3v) is 8.67. The fourth-order valence-electron chi connectivity index (χ4n) is 3.71. The van der Waals surface area contributed by atoms with Gasteiger partial charge in [0.2, 0.25) is 10.0 Å². The zero-order chi connectivity index (χ0) is 20.8. The van der Waals surface area contributed by atoms with Crippen LogP contribution in [0.15, 0.2) is 40.0 Å². The van der Waals surface area contributed by atoms with E-state index in [0.29, 0.717) is 42.3 Å². The van der Waals surface area contributed by atoms with E-state index in [4.69, 9.17) is 4.98 Å². The molecule has 0 aliphatic carbocycles. The van der Waals surface area contributed by atoms with Crippen molar-refractivity contribution < 1.29 is 8.42 Å². The minimum absolute atomic E-state index is 0.101. The van der Waals surface area contributed by atoms with Gasteiger partial charge in [0.05, 0.1) is 16.3 Å². The molecule has 3 aromatic rings.